The Morgan fingerprint density at radius 1 is 0.500 bits per heavy atom. The topological polar surface area (TPSA) is 207 Å². The van der Waals surface area contributed by atoms with Crippen LogP contribution in [-0.4, -0.2) is 39.8 Å². The Labute approximate surface area is 635 Å². The number of carbonyl (C=O) groups excluding carboxylic acids is 2. The summed E-state index contributed by atoms with van der Waals surface area (Å²) in [6.45, 7) is 28.3. The number of nitrogens with zero attached hydrogens (tertiary/aromatic N) is 1. The van der Waals surface area contributed by atoms with E-state index < -0.39 is 82.7 Å². The van der Waals surface area contributed by atoms with Crippen LogP contribution in [0.3, 0.4) is 0 Å². The van der Waals surface area contributed by atoms with Gasteiger partial charge in [0.2, 0.25) is 0 Å². The summed E-state index contributed by atoms with van der Waals surface area (Å²) in [5.74, 6) is -3.28. The van der Waals surface area contributed by atoms with Gasteiger partial charge >= 0.3 is 54.3 Å². The molecule has 0 heterocycles. The Hall–Kier alpha value is -6.38. The maximum atomic E-state index is 13.5. The molecule has 5 saturated carbocycles. The summed E-state index contributed by atoms with van der Waals surface area (Å²) >= 11 is 10.9. The van der Waals surface area contributed by atoms with E-state index in [1.165, 1.54) is 72.4 Å². The zero-order valence-electron chi connectivity index (χ0n) is 60.9. The fraction of sp³-hybridized carbons (Fsp3) is 0.474. The minimum atomic E-state index is -4.74. The third kappa shape index (κ3) is 37.2. The number of esters is 2. The molecule has 104 heavy (non-hydrogen) atoms. The molecule has 0 unspecified atom stereocenters. The zero-order valence-corrected chi connectivity index (χ0v) is 68.7. The third-order valence-electron chi connectivity index (χ3n) is 15.0. The monoisotopic (exact) mass is 1720 g/mol. The van der Waals surface area contributed by atoms with Crippen LogP contribution in [0.4, 0.5) is 69.7 Å². The first-order chi connectivity index (χ1) is 47.8. The second kappa shape index (κ2) is 41.7. The Morgan fingerprint density at radius 3 is 1.16 bits per heavy atom. The van der Waals surface area contributed by atoms with E-state index in [1.807, 2.05) is 13.8 Å². The fourth-order valence-corrected chi connectivity index (χ4v) is 10.4. The van der Waals surface area contributed by atoms with E-state index in [4.69, 9.17) is 27.0 Å². The van der Waals surface area contributed by atoms with Gasteiger partial charge in [0.15, 0.2) is 11.3 Å². The van der Waals surface area contributed by atoms with E-state index in [1.54, 1.807) is 100 Å². The number of benzene rings is 6. The summed E-state index contributed by atoms with van der Waals surface area (Å²) in [6, 6.07) is 16.3. The molecular weight excluding hydrogens is 1630 g/mol. The first-order valence-corrected chi connectivity index (χ1v) is 41.6. The molecule has 0 aromatic heterocycles. The van der Waals surface area contributed by atoms with Crippen molar-refractivity contribution in [3.8, 4) is 0 Å². The van der Waals surface area contributed by atoms with Crippen LogP contribution in [0.15, 0.2) is 93.1 Å². The van der Waals surface area contributed by atoms with Crippen LogP contribution in [0.5, 0.6) is 0 Å². The molecule has 0 radical (unpaired) electrons. The molecule has 0 aliphatic heterocycles. The summed E-state index contributed by atoms with van der Waals surface area (Å²) in [6.07, 6.45) is -0.202. The molecule has 6 aromatic carbocycles. The van der Waals surface area contributed by atoms with Crippen molar-refractivity contribution in [1.82, 2.24) is 0 Å². The molecule has 572 valence electrons. The van der Waals surface area contributed by atoms with E-state index in [0.717, 1.165) is 74.4 Å². The van der Waals surface area contributed by atoms with Crippen LogP contribution >= 0.6 is 45.5 Å². The van der Waals surface area contributed by atoms with Crippen molar-refractivity contribution in [2.75, 3.05) is 17.2 Å². The first kappa shape index (κ1) is 93.7. The summed E-state index contributed by atoms with van der Waals surface area (Å²) < 4.78 is 167. The van der Waals surface area contributed by atoms with Gasteiger partial charge in [0.05, 0.1) is 24.0 Å². The van der Waals surface area contributed by atoms with Gasteiger partial charge < -0.3 is 36.6 Å². The van der Waals surface area contributed by atoms with Gasteiger partial charge in [-0.2, -0.15) is 26.3 Å². The van der Waals surface area contributed by atoms with Gasteiger partial charge in [0, 0.05) is 26.0 Å². The molecule has 5 fully saturated rings. The van der Waals surface area contributed by atoms with Crippen molar-refractivity contribution in [2.45, 2.75) is 227 Å². The number of carbonyl (C=O) groups is 3. The van der Waals surface area contributed by atoms with Crippen LogP contribution in [0, 0.1) is 80.3 Å². The Balaban J connectivity index is 0.000000409. The molecule has 0 spiro atoms. The molecule has 0 bridgehead atoms. The summed E-state index contributed by atoms with van der Waals surface area (Å²) in [7, 11) is 0. The van der Waals surface area contributed by atoms with Crippen molar-refractivity contribution in [3.05, 3.63) is 201 Å². The quantitative estimate of drug-likeness (QED) is 0.0204. The van der Waals surface area contributed by atoms with E-state index in [-0.39, 0.29) is 57.4 Å². The molecule has 28 heteroatoms. The predicted octanol–water partition coefficient (Wildman–Crippen LogP) is 23.4. The molecule has 12 nitrogen and oxygen atoms in total. The number of carboxylic acids is 1. The molecule has 7 N–H and O–H groups in total. The SMILES string of the molecule is CC(C)(C)OC(=O)Cc1c(C2CC2)cc(F)cc1C(F)(F)F.CC(C)(C)ON=O.CC1CC1.Cc1cc(F)cc(Br)c1N.Cc1cc(F)cc(C2CC2)c1Br.Cc1cc(F)cc(C2CC2)c1N.Cc1cc(F)ccc1N.O=C(O)Cc1c(C2CC2)cc(F)cc1C(F)(F)F.[CH2-]C(=O)OC(C)(C)C.[Zn+][Br]. The van der Waals surface area contributed by atoms with Crippen LogP contribution in [0.1, 0.15) is 224 Å². The Morgan fingerprint density at radius 2 is 0.846 bits per heavy atom. The molecule has 0 saturated heterocycles. The third-order valence-corrected chi connectivity index (χ3v) is 16.7. The predicted molar refractivity (Wildman–Crippen MR) is 390 cm³/mol. The number of hydrogen-bond acceptors (Lipinski definition) is 11. The number of aliphatic carboxylic acids is 1. The Kier molecular flexibility index (Phi) is 37.5. The van der Waals surface area contributed by atoms with Crippen LogP contribution in [-0.2, 0) is 70.2 Å². The number of rotatable bonds is 9. The van der Waals surface area contributed by atoms with Crippen molar-refractivity contribution in [2.24, 2.45) is 11.3 Å². The molecular formula is C76H93Br3F12N4O8Zn. The van der Waals surface area contributed by atoms with E-state index >= 15 is 0 Å². The summed E-state index contributed by atoms with van der Waals surface area (Å²) in [4.78, 5) is 46.3. The van der Waals surface area contributed by atoms with Crippen LogP contribution in [0.25, 0.3) is 0 Å². The average molecular weight is 1720 g/mol. The van der Waals surface area contributed by atoms with Crippen molar-refractivity contribution in [1.29, 1.82) is 0 Å². The summed E-state index contributed by atoms with van der Waals surface area (Å²) in [5, 5.41) is 10.9. The van der Waals surface area contributed by atoms with Crippen molar-refractivity contribution in [3.63, 3.8) is 0 Å². The minimum absolute atomic E-state index is 0.103. The van der Waals surface area contributed by atoms with Crippen LogP contribution in [0.2, 0.25) is 0 Å². The second-order valence-corrected chi connectivity index (χ2v) is 30.1. The van der Waals surface area contributed by atoms with E-state index in [2.05, 4.69) is 74.2 Å². The molecule has 11 rings (SSSR count). The van der Waals surface area contributed by atoms with Gasteiger partial charge in [-0.1, -0.05) is 35.7 Å². The standard InChI is InChI=1S/C16H18F4O2.C12H10F4O2.C10H10BrF.C10H12FN.C7H7BrFN.C7H8FN.C6H11O2.C4H9NO2.C4H8.BrH.Zn/c1-15(2,3)22-14(21)8-12-11(9-4-5-9)6-10(17)7-13(12)16(18,19)20;13-7-3-8(6-1-2-6)9(5-11(17)18)10(4-7)12(14,15)16;1-6-4-8(12)5-9(10(6)11)7-2-3-7;1-6-4-8(11)5-9(10(6)12)7-2-3-7;1-4-2-5(9)3-6(8)7(4)10;1-5-4-6(8)2-3-7(5)9;1-5(7)8-6(2,3)4;1-4(2,3)7-5-6;1-4-2-3-4;;/h6-7,9H,4-5,8H2,1-3H3;3-4,6H,1-2,5H2,(H,17,18);4-5,7H,2-3H2,1H3;4-5,7H,2-3,12H2,1H3;2-3H,10H2,1H3;2-4H,9H2,1H3;1H2,2-4H3;1-3H3;4H,2-3H2,1H3;1H;/q;;;;;;-1;;;;+2/p-1. The first-order valence-electron chi connectivity index (χ1n) is 33.1. The number of alkyl halides is 6. The van der Waals surface area contributed by atoms with Crippen molar-refractivity contribution >= 4 is 80.5 Å². The second-order valence-electron chi connectivity index (χ2n) is 28.5. The molecule has 5 aliphatic carbocycles. The number of hydrogen-bond donors (Lipinski definition) is 4. The summed E-state index contributed by atoms with van der Waals surface area (Å²) in [5.41, 5.74) is 20.5. The van der Waals surface area contributed by atoms with Gasteiger partial charge in [-0.05, 0) is 321 Å². The van der Waals surface area contributed by atoms with Crippen LogP contribution < -0.4 is 17.2 Å². The molecule has 5 aliphatic rings. The van der Waals surface area contributed by atoms with E-state index in [0.29, 0.717) is 65.5 Å². The number of carboxylic acid groups (broad SMARTS) is 1. The number of ether oxygens (including phenoxy) is 2. The van der Waals surface area contributed by atoms with Gasteiger partial charge in [-0.25, -0.2) is 26.3 Å². The molecule has 6 aromatic rings. The van der Waals surface area contributed by atoms with E-state index in [9.17, 15) is 72.0 Å². The van der Waals surface area contributed by atoms with Crippen molar-refractivity contribution < 1.29 is 103 Å². The number of aryl methyl sites for hydroxylation is 4. The zero-order chi connectivity index (χ0) is 79.9. The number of halogens is 15. The fourth-order valence-electron chi connectivity index (χ4n) is 9.33. The van der Waals surface area contributed by atoms with Gasteiger partial charge in [0.1, 0.15) is 51.7 Å². The van der Waals surface area contributed by atoms with Gasteiger partial charge in [-0.3, -0.25) is 21.3 Å². The average Bonchev–Trinajstić information content (AvgIpc) is 1.65. The molecule has 0 amide bonds. The number of anilines is 3. The molecule has 0 atom stereocenters. The van der Waals surface area contributed by atoms with Gasteiger partial charge in [-0.15, -0.1) is 4.91 Å². The number of nitrogens with two attached hydrogens (primary N) is 3. The maximum absolute atomic E-state index is 13.5. The Bertz CT molecular complexity index is 3740. The number of nitrogen functional groups attached to an aromatic ring is 3. The van der Waals surface area contributed by atoms with Gasteiger partial charge in [0.25, 0.3) is 0 Å². The normalized spacial score (nSPS) is 14.3.